The summed E-state index contributed by atoms with van der Waals surface area (Å²) in [6, 6.07) is 4.47. The van der Waals surface area contributed by atoms with Crippen molar-refractivity contribution in [2.24, 2.45) is 11.8 Å². The van der Waals surface area contributed by atoms with Crippen molar-refractivity contribution in [1.29, 1.82) is 0 Å². The molecule has 0 bridgehead atoms. The van der Waals surface area contributed by atoms with Crippen molar-refractivity contribution in [2.75, 3.05) is 13.1 Å². The lowest BCUT2D eigenvalue weighted by Crippen LogP contribution is -2.41. The number of rotatable bonds is 7. The summed E-state index contributed by atoms with van der Waals surface area (Å²) in [6.07, 6.45) is 1.92. The quantitative estimate of drug-likeness (QED) is 0.754. The lowest BCUT2D eigenvalue weighted by Gasteiger charge is -2.34. The number of ether oxygens (including phenoxy) is 1. The van der Waals surface area contributed by atoms with Gasteiger partial charge < -0.3 is 19.3 Å². The van der Waals surface area contributed by atoms with Crippen LogP contribution in [0, 0.1) is 23.5 Å². The van der Waals surface area contributed by atoms with Crippen LogP contribution >= 0.6 is 0 Å². The third-order valence-corrected chi connectivity index (χ3v) is 5.13. The summed E-state index contributed by atoms with van der Waals surface area (Å²) in [5, 5.41) is 14.1. The number of likely N-dealkylation sites (tertiary alicyclic amines) is 1. The summed E-state index contributed by atoms with van der Waals surface area (Å²) < 4.78 is 36.9. The van der Waals surface area contributed by atoms with Gasteiger partial charge in [0.2, 0.25) is 0 Å². The number of hydrogen-bond acceptors (Lipinski definition) is 5. The van der Waals surface area contributed by atoms with Crippen molar-refractivity contribution < 1.29 is 27.9 Å². The standard InChI is InChI=1S/C21H26F2N2O4/c1-13(2)9-19(26)14-5-7-25(8-6-14)21(27)18-11-16(29-24-18)12-28-20-4-3-15(22)10-17(20)23/h3-4,10-11,13-14,19,26H,5-9,12H2,1-2H3. The van der Waals surface area contributed by atoms with Crippen molar-refractivity contribution >= 4 is 5.91 Å². The van der Waals surface area contributed by atoms with Gasteiger partial charge in [-0.25, -0.2) is 8.78 Å². The summed E-state index contributed by atoms with van der Waals surface area (Å²) in [5.41, 5.74) is 0.157. The van der Waals surface area contributed by atoms with E-state index in [2.05, 4.69) is 19.0 Å². The third kappa shape index (κ3) is 5.53. The molecule has 3 rings (SSSR count). The Labute approximate surface area is 168 Å². The largest absolute Gasteiger partial charge is 0.482 e. The second-order valence-electron chi connectivity index (χ2n) is 7.87. The van der Waals surface area contributed by atoms with Gasteiger partial charge in [-0.15, -0.1) is 0 Å². The van der Waals surface area contributed by atoms with Crippen molar-refractivity contribution in [3.05, 3.63) is 47.4 Å². The number of hydrogen-bond donors (Lipinski definition) is 1. The Hall–Kier alpha value is -2.48. The Morgan fingerprint density at radius 1 is 1.31 bits per heavy atom. The van der Waals surface area contributed by atoms with Gasteiger partial charge in [0.25, 0.3) is 5.91 Å². The molecule has 2 aromatic rings. The highest BCUT2D eigenvalue weighted by Gasteiger charge is 2.29. The molecule has 8 heteroatoms. The Morgan fingerprint density at radius 3 is 2.69 bits per heavy atom. The molecule has 2 heterocycles. The average molecular weight is 408 g/mol. The fraction of sp³-hybridized carbons (Fsp3) is 0.524. The summed E-state index contributed by atoms with van der Waals surface area (Å²) in [4.78, 5) is 14.3. The molecule has 1 atom stereocenters. The smallest absolute Gasteiger partial charge is 0.276 e. The maximum Gasteiger partial charge on any atom is 0.276 e. The Bertz CT molecular complexity index is 832. The first-order valence-electron chi connectivity index (χ1n) is 9.84. The molecule has 1 aliphatic rings. The van der Waals surface area contributed by atoms with Gasteiger partial charge in [-0.3, -0.25) is 4.79 Å². The Kier molecular flexibility index (Phi) is 6.84. The number of aliphatic hydroxyl groups is 1. The van der Waals surface area contributed by atoms with Crippen LogP contribution in [0.1, 0.15) is 49.4 Å². The molecule has 0 saturated carbocycles. The third-order valence-electron chi connectivity index (χ3n) is 5.13. The minimum Gasteiger partial charge on any atom is -0.482 e. The van der Waals surface area contributed by atoms with E-state index >= 15 is 0 Å². The van der Waals surface area contributed by atoms with E-state index in [9.17, 15) is 18.7 Å². The van der Waals surface area contributed by atoms with Crippen LogP contribution in [0.3, 0.4) is 0 Å². The van der Waals surface area contributed by atoms with E-state index in [1.54, 1.807) is 4.90 Å². The highest BCUT2D eigenvalue weighted by Crippen LogP contribution is 2.25. The van der Waals surface area contributed by atoms with Crippen molar-refractivity contribution in [3.8, 4) is 5.75 Å². The first-order chi connectivity index (χ1) is 13.8. The Morgan fingerprint density at radius 2 is 2.03 bits per heavy atom. The predicted molar refractivity (Wildman–Crippen MR) is 101 cm³/mol. The molecule has 6 nitrogen and oxygen atoms in total. The molecule has 29 heavy (non-hydrogen) atoms. The fourth-order valence-corrected chi connectivity index (χ4v) is 3.55. The van der Waals surface area contributed by atoms with Crippen LogP contribution in [0.4, 0.5) is 8.78 Å². The molecule has 1 aromatic heterocycles. The van der Waals surface area contributed by atoms with E-state index in [4.69, 9.17) is 9.26 Å². The monoisotopic (exact) mass is 408 g/mol. The molecule has 0 radical (unpaired) electrons. The number of amides is 1. The number of aliphatic hydroxyl groups excluding tert-OH is 1. The van der Waals surface area contributed by atoms with Gasteiger partial charge >= 0.3 is 0 Å². The van der Waals surface area contributed by atoms with Gasteiger partial charge in [0.15, 0.2) is 23.0 Å². The van der Waals surface area contributed by atoms with Gasteiger partial charge in [-0.05, 0) is 43.2 Å². The molecule has 1 unspecified atom stereocenters. The second kappa shape index (κ2) is 9.35. The fourth-order valence-electron chi connectivity index (χ4n) is 3.55. The van der Waals surface area contributed by atoms with Crippen LogP contribution in [0.25, 0.3) is 0 Å². The maximum atomic E-state index is 13.6. The molecule has 1 aliphatic heterocycles. The molecule has 1 N–H and O–H groups in total. The molecule has 158 valence electrons. The number of piperidine rings is 1. The first kappa shape index (κ1) is 21.2. The molecule has 1 aromatic carbocycles. The number of aromatic nitrogens is 1. The van der Waals surface area contributed by atoms with E-state index in [1.807, 2.05) is 0 Å². The highest BCUT2D eigenvalue weighted by molar-refractivity contribution is 5.92. The van der Waals surface area contributed by atoms with Gasteiger partial charge in [-0.1, -0.05) is 19.0 Å². The van der Waals surface area contributed by atoms with E-state index in [0.29, 0.717) is 19.0 Å². The van der Waals surface area contributed by atoms with Crippen molar-refractivity contribution in [2.45, 2.75) is 45.8 Å². The Balaban J connectivity index is 1.52. The van der Waals surface area contributed by atoms with Gasteiger partial charge in [-0.2, -0.15) is 0 Å². The van der Waals surface area contributed by atoms with Gasteiger partial charge in [0, 0.05) is 25.2 Å². The average Bonchev–Trinajstić information content (AvgIpc) is 3.15. The first-order valence-corrected chi connectivity index (χ1v) is 9.84. The van der Waals surface area contributed by atoms with E-state index in [0.717, 1.165) is 31.4 Å². The topological polar surface area (TPSA) is 75.8 Å². The summed E-state index contributed by atoms with van der Waals surface area (Å²) in [5.74, 6) is -0.967. The molecule has 1 amide bonds. The molecular formula is C21H26F2N2O4. The van der Waals surface area contributed by atoms with Crippen LogP contribution in [0.15, 0.2) is 28.8 Å². The zero-order chi connectivity index (χ0) is 21.0. The van der Waals surface area contributed by atoms with Crippen LogP contribution in [-0.2, 0) is 6.61 Å². The number of halogens is 2. The van der Waals surface area contributed by atoms with E-state index in [-0.39, 0.29) is 41.7 Å². The molecule has 1 saturated heterocycles. The van der Waals surface area contributed by atoms with E-state index in [1.165, 1.54) is 12.1 Å². The number of carbonyl (C=O) groups excluding carboxylic acids is 1. The van der Waals surface area contributed by atoms with E-state index < -0.39 is 11.6 Å². The number of nitrogens with zero attached hydrogens (tertiary/aromatic N) is 2. The number of carbonyl (C=O) groups is 1. The predicted octanol–water partition coefficient (Wildman–Crippen LogP) is 3.79. The van der Waals surface area contributed by atoms with Gasteiger partial charge in [0.05, 0.1) is 6.10 Å². The maximum absolute atomic E-state index is 13.6. The minimum absolute atomic E-state index is 0.113. The summed E-state index contributed by atoms with van der Waals surface area (Å²) in [7, 11) is 0. The molecule has 0 aliphatic carbocycles. The zero-order valence-corrected chi connectivity index (χ0v) is 16.6. The lowest BCUT2D eigenvalue weighted by atomic mass is 9.87. The highest BCUT2D eigenvalue weighted by atomic mass is 19.1. The second-order valence-corrected chi connectivity index (χ2v) is 7.87. The minimum atomic E-state index is -0.816. The SMILES string of the molecule is CC(C)CC(O)C1CCN(C(=O)c2cc(COc3ccc(F)cc3F)on2)CC1. The van der Waals surface area contributed by atoms with Crippen LogP contribution < -0.4 is 4.74 Å². The molecule has 1 fully saturated rings. The zero-order valence-electron chi connectivity index (χ0n) is 16.6. The van der Waals surface area contributed by atoms with Gasteiger partial charge in [0.1, 0.15) is 12.4 Å². The summed E-state index contributed by atoms with van der Waals surface area (Å²) >= 11 is 0. The van der Waals surface area contributed by atoms with Crippen molar-refractivity contribution in [1.82, 2.24) is 10.1 Å². The van der Waals surface area contributed by atoms with Crippen LogP contribution in [-0.4, -0.2) is 40.3 Å². The normalized spacial score (nSPS) is 16.3. The molecule has 0 spiro atoms. The van der Waals surface area contributed by atoms with Crippen LogP contribution in [0.2, 0.25) is 0 Å². The summed E-state index contributed by atoms with van der Waals surface area (Å²) in [6.45, 7) is 5.14. The number of benzene rings is 1. The molecular weight excluding hydrogens is 382 g/mol. The van der Waals surface area contributed by atoms with Crippen LogP contribution in [0.5, 0.6) is 5.75 Å². The van der Waals surface area contributed by atoms with Crippen molar-refractivity contribution in [3.63, 3.8) is 0 Å². The lowest BCUT2D eigenvalue weighted by molar-refractivity contribution is 0.0380.